The lowest BCUT2D eigenvalue weighted by Gasteiger charge is -2.34. The Kier molecular flexibility index (Phi) is 6.94. The summed E-state index contributed by atoms with van der Waals surface area (Å²) in [6, 6.07) is 8.80. The first-order valence-corrected chi connectivity index (χ1v) is 13.1. The van der Waals surface area contributed by atoms with E-state index in [0.717, 1.165) is 34.3 Å². The van der Waals surface area contributed by atoms with Crippen LogP contribution in [0.15, 0.2) is 30.3 Å². The summed E-state index contributed by atoms with van der Waals surface area (Å²) >= 11 is 0. The average Bonchev–Trinajstić information content (AvgIpc) is 3.66. The maximum atomic E-state index is 13.7. The number of nitrogens with one attached hydrogen (secondary N) is 1. The molecule has 0 bridgehead atoms. The van der Waals surface area contributed by atoms with Crippen molar-refractivity contribution in [2.45, 2.75) is 46.7 Å². The zero-order valence-electron chi connectivity index (χ0n) is 21.8. The number of carbonyl (C=O) groups is 2. The topological polar surface area (TPSA) is 77.8 Å². The van der Waals surface area contributed by atoms with Crippen molar-refractivity contribution in [2.75, 3.05) is 38.0 Å². The van der Waals surface area contributed by atoms with E-state index in [4.69, 9.17) is 5.11 Å². The van der Waals surface area contributed by atoms with Crippen molar-refractivity contribution in [3.05, 3.63) is 64.1 Å². The minimum absolute atomic E-state index is 0.00214. The summed E-state index contributed by atoms with van der Waals surface area (Å²) < 4.78 is 16.0. The maximum Gasteiger partial charge on any atom is 0.317 e. The van der Waals surface area contributed by atoms with Crippen molar-refractivity contribution < 1.29 is 19.1 Å². The molecule has 2 heterocycles. The fourth-order valence-electron chi connectivity index (χ4n) is 5.35. The number of fused-ring (bicyclic) bond motifs is 1. The number of amides is 1. The van der Waals surface area contributed by atoms with Crippen molar-refractivity contribution in [2.24, 2.45) is 5.92 Å². The molecule has 1 aliphatic carbocycles. The minimum atomic E-state index is -0.848. The number of anilines is 1. The normalized spacial score (nSPS) is 16.4. The molecule has 1 saturated heterocycles. The first kappa shape index (κ1) is 25.3. The van der Waals surface area contributed by atoms with Crippen molar-refractivity contribution in [1.29, 1.82) is 0 Å². The lowest BCUT2D eigenvalue weighted by atomic mass is 10.0. The summed E-state index contributed by atoms with van der Waals surface area (Å²) in [7, 11) is 0. The van der Waals surface area contributed by atoms with Crippen molar-refractivity contribution >= 4 is 28.5 Å². The van der Waals surface area contributed by atoms with Crippen LogP contribution in [-0.4, -0.2) is 64.1 Å². The Hall–Kier alpha value is -3.39. The fourth-order valence-corrected chi connectivity index (χ4v) is 5.35. The molecule has 3 aromatic rings. The number of benzene rings is 2. The number of aryl methyl sites for hydroxylation is 2. The minimum Gasteiger partial charge on any atom is -0.480 e. The molecule has 0 spiro atoms. The number of nitrogens with zero attached hydrogens (tertiary/aromatic N) is 3. The van der Waals surface area contributed by atoms with Crippen LogP contribution in [0, 0.1) is 32.5 Å². The van der Waals surface area contributed by atoms with Crippen LogP contribution in [-0.2, 0) is 17.9 Å². The van der Waals surface area contributed by atoms with E-state index in [0.29, 0.717) is 44.2 Å². The third kappa shape index (κ3) is 5.34. The summed E-state index contributed by atoms with van der Waals surface area (Å²) in [5, 5.41) is 13.7. The predicted octanol–water partition coefficient (Wildman–Crippen LogP) is 4.57. The van der Waals surface area contributed by atoms with Gasteiger partial charge in [0.1, 0.15) is 5.82 Å². The monoisotopic (exact) mass is 506 g/mol. The molecule has 2 aromatic carbocycles. The number of aliphatic carboxylic acids is 1. The van der Waals surface area contributed by atoms with Gasteiger partial charge >= 0.3 is 5.97 Å². The molecule has 5 rings (SSSR count). The van der Waals surface area contributed by atoms with Gasteiger partial charge in [0.15, 0.2) is 0 Å². The van der Waals surface area contributed by atoms with Crippen LogP contribution in [0.5, 0.6) is 0 Å². The standard InChI is InChI=1S/C29H35FN4O3/c1-18-12-24(30)7-6-22(18)15-31-26-14-23(29(37)33-10-8-32(9-11-33)17-27(35)36)13-25-19(2)20(3)34(28(25)26)16-21-4-5-21/h6-7,12-14,21,31H,4-5,8-11,15-17H2,1-3H3,(H,35,36). The van der Waals surface area contributed by atoms with Gasteiger partial charge in [-0.3, -0.25) is 14.5 Å². The van der Waals surface area contributed by atoms with Crippen LogP contribution in [0.2, 0.25) is 0 Å². The molecule has 8 heteroatoms. The lowest BCUT2D eigenvalue weighted by molar-refractivity contribution is -0.138. The summed E-state index contributed by atoms with van der Waals surface area (Å²) in [4.78, 5) is 28.3. The molecule has 2 fully saturated rings. The Morgan fingerprint density at radius 1 is 1.05 bits per heavy atom. The van der Waals surface area contributed by atoms with E-state index >= 15 is 0 Å². The van der Waals surface area contributed by atoms with E-state index in [9.17, 15) is 14.0 Å². The molecule has 1 aromatic heterocycles. The predicted molar refractivity (Wildman–Crippen MR) is 143 cm³/mol. The molecule has 37 heavy (non-hydrogen) atoms. The van der Waals surface area contributed by atoms with Crippen LogP contribution in [0.4, 0.5) is 10.1 Å². The van der Waals surface area contributed by atoms with Crippen molar-refractivity contribution in [1.82, 2.24) is 14.4 Å². The number of rotatable bonds is 8. The SMILES string of the molecule is Cc1cc(F)ccc1CNc1cc(C(=O)N2CCN(CC(=O)O)CC2)cc2c(C)c(C)n(CC3CC3)c12. The molecular weight excluding hydrogens is 471 g/mol. The number of hydrogen-bond acceptors (Lipinski definition) is 4. The molecule has 2 N–H and O–H groups in total. The number of carbonyl (C=O) groups excluding carboxylic acids is 1. The molecule has 1 saturated carbocycles. The highest BCUT2D eigenvalue weighted by Crippen LogP contribution is 2.38. The zero-order chi connectivity index (χ0) is 26.3. The highest BCUT2D eigenvalue weighted by molar-refractivity contribution is 6.04. The second-order valence-electron chi connectivity index (χ2n) is 10.6. The van der Waals surface area contributed by atoms with E-state index < -0.39 is 5.97 Å². The third-order valence-corrected chi connectivity index (χ3v) is 7.91. The second-order valence-corrected chi connectivity index (χ2v) is 10.6. The van der Waals surface area contributed by atoms with Gasteiger partial charge < -0.3 is 19.9 Å². The first-order valence-electron chi connectivity index (χ1n) is 13.1. The molecular formula is C29H35FN4O3. The Balaban J connectivity index is 1.48. The smallest absolute Gasteiger partial charge is 0.317 e. The van der Waals surface area contributed by atoms with Gasteiger partial charge in [-0.2, -0.15) is 0 Å². The molecule has 2 aliphatic rings. The fraction of sp³-hybridized carbons (Fsp3) is 0.448. The molecule has 1 aliphatic heterocycles. The largest absolute Gasteiger partial charge is 0.480 e. The molecule has 7 nitrogen and oxygen atoms in total. The highest BCUT2D eigenvalue weighted by atomic mass is 19.1. The summed E-state index contributed by atoms with van der Waals surface area (Å²) in [5.41, 5.74) is 6.94. The van der Waals surface area contributed by atoms with Crippen molar-refractivity contribution in [3.8, 4) is 0 Å². The molecule has 0 unspecified atom stereocenters. The maximum absolute atomic E-state index is 13.7. The van der Waals surface area contributed by atoms with Crippen molar-refractivity contribution in [3.63, 3.8) is 0 Å². The number of hydrogen-bond donors (Lipinski definition) is 2. The Morgan fingerprint density at radius 2 is 1.78 bits per heavy atom. The van der Waals surface area contributed by atoms with Gasteiger partial charge in [-0.25, -0.2) is 4.39 Å². The van der Waals surface area contributed by atoms with Gasteiger partial charge in [0.05, 0.1) is 17.7 Å². The third-order valence-electron chi connectivity index (χ3n) is 7.91. The zero-order valence-corrected chi connectivity index (χ0v) is 21.8. The van der Waals surface area contributed by atoms with Crippen LogP contribution in [0.25, 0.3) is 10.9 Å². The molecule has 196 valence electrons. The van der Waals surface area contributed by atoms with Gasteiger partial charge in [0.2, 0.25) is 0 Å². The number of piperazine rings is 1. The number of halogens is 1. The number of aromatic nitrogens is 1. The second kappa shape index (κ2) is 10.2. The van der Waals surface area contributed by atoms with Gasteiger partial charge in [0, 0.05) is 55.9 Å². The molecule has 0 atom stereocenters. The van der Waals surface area contributed by atoms with Gasteiger partial charge in [0.25, 0.3) is 5.91 Å². The van der Waals surface area contributed by atoms with E-state index in [2.05, 4.69) is 23.7 Å². The van der Waals surface area contributed by atoms with Crippen LogP contribution < -0.4 is 5.32 Å². The van der Waals surface area contributed by atoms with Gasteiger partial charge in [-0.1, -0.05) is 6.07 Å². The number of carboxylic acid groups (broad SMARTS) is 1. The van der Waals surface area contributed by atoms with Gasteiger partial charge in [-0.05, 0) is 80.5 Å². The van der Waals surface area contributed by atoms with E-state index in [1.165, 1.54) is 30.2 Å². The van der Waals surface area contributed by atoms with Gasteiger partial charge in [-0.15, -0.1) is 0 Å². The highest BCUT2D eigenvalue weighted by Gasteiger charge is 2.27. The number of carboxylic acids is 1. The molecule has 1 amide bonds. The van der Waals surface area contributed by atoms with E-state index in [-0.39, 0.29) is 18.3 Å². The van der Waals surface area contributed by atoms with Crippen LogP contribution in [0.1, 0.15) is 45.6 Å². The Morgan fingerprint density at radius 3 is 2.43 bits per heavy atom. The summed E-state index contributed by atoms with van der Waals surface area (Å²) in [6.45, 7) is 9.77. The van der Waals surface area contributed by atoms with E-state index in [1.807, 2.05) is 28.9 Å². The first-order chi connectivity index (χ1) is 17.7. The Bertz CT molecular complexity index is 1350. The quantitative estimate of drug-likeness (QED) is 0.468. The molecule has 0 radical (unpaired) electrons. The van der Waals surface area contributed by atoms with Crippen LogP contribution in [0.3, 0.4) is 0 Å². The average molecular weight is 507 g/mol. The van der Waals surface area contributed by atoms with Crippen LogP contribution >= 0.6 is 0 Å². The Labute approximate surface area is 216 Å². The summed E-state index contributed by atoms with van der Waals surface area (Å²) in [5.74, 6) is -0.433. The van der Waals surface area contributed by atoms with E-state index in [1.54, 1.807) is 12.1 Å². The summed E-state index contributed by atoms with van der Waals surface area (Å²) in [6.07, 6.45) is 2.50. The lowest BCUT2D eigenvalue weighted by Crippen LogP contribution is -2.49.